The second-order valence-electron chi connectivity index (χ2n) is 14.6. The van der Waals surface area contributed by atoms with E-state index < -0.39 is 0 Å². The van der Waals surface area contributed by atoms with Crippen LogP contribution in [0.5, 0.6) is 0 Å². The fourth-order valence-electron chi connectivity index (χ4n) is 8.69. The van der Waals surface area contributed by atoms with E-state index in [1.54, 1.807) is 0 Å². The highest BCUT2D eigenvalue weighted by Gasteiger charge is 2.18. The molecule has 0 aliphatic heterocycles. The Kier molecular flexibility index (Phi) is 6.86. The monoisotopic (exact) mass is 728 g/mol. The van der Waals surface area contributed by atoms with Crippen LogP contribution in [-0.2, 0) is 0 Å². The molecule has 5 nitrogen and oxygen atoms in total. The SMILES string of the molecule is c1ccc(-c2cccc(-n3c4ccccc4c4cc(-c5ccc6oc7ccc(-c8ccc9c%10ccccc%10n(-c%10ccccc%10)c9c8)nc7c6n5)ccc43)c2)cc1. The van der Waals surface area contributed by atoms with Gasteiger partial charge >= 0.3 is 0 Å². The average Bonchev–Trinajstić information content (AvgIpc) is 3.93. The highest BCUT2D eigenvalue weighted by molar-refractivity contribution is 6.12. The molecule has 12 rings (SSSR count). The third-order valence-corrected chi connectivity index (χ3v) is 11.3. The topological polar surface area (TPSA) is 48.8 Å². The van der Waals surface area contributed by atoms with Gasteiger partial charge in [0.15, 0.2) is 11.2 Å². The third kappa shape index (κ3) is 4.96. The van der Waals surface area contributed by atoms with Gasteiger partial charge in [-0.2, -0.15) is 0 Å². The Labute approximate surface area is 327 Å². The van der Waals surface area contributed by atoms with E-state index in [-0.39, 0.29) is 0 Å². The van der Waals surface area contributed by atoms with Crippen LogP contribution in [0.4, 0.5) is 0 Å². The summed E-state index contributed by atoms with van der Waals surface area (Å²) in [4.78, 5) is 10.5. The van der Waals surface area contributed by atoms with Crippen LogP contribution in [0.1, 0.15) is 0 Å². The van der Waals surface area contributed by atoms with Crippen LogP contribution in [0.15, 0.2) is 199 Å². The lowest BCUT2D eigenvalue weighted by atomic mass is 10.1. The van der Waals surface area contributed by atoms with E-state index in [0.717, 1.165) is 61.5 Å². The molecule has 57 heavy (non-hydrogen) atoms. The Hall–Kier alpha value is -7.76. The molecule has 5 heteroatoms. The quantitative estimate of drug-likeness (QED) is 0.177. The van der Waals surface area contributed by atoms with Crippen LogP contribution in [0.25, 0.3) is 111 Å². The molecule has 7 aromatic carbocycles. The van der Waals surface area contributed by atoms with E-state index in [9.17, 15) is 0 Å². The van der Waals surface area contributed by atoms with Gasteiger partial charge in [0, 0.05) is 44.0 Å². The van der Waals surface area contributed by atoms with Gasteiger partial charge in [0.1, 0.15) is 11.0 Å². The minimum absolute atomic E-state index is 0.717. The highest BCUT2D eigenvalue weighted by atomic mass is 16.3. The summed E-state index contributed by atoms with van der Waals surface area (Å²) in [5, 5.41) is 4.81. The summed E-state index contributed by atoms with van der Waals surface area (Å²) >= 11 is 0. The predicted molar refractivity (Wildman–Crippen MR) is 234 cm³/mol. The van der Waals surface area contributed by atoms with Gasteiger partial charge in [-0.3, -0.25) is 0 Å². The van der Waals surface area contributed by atoms with E-state index in [0.29, 0.717) is 11.2 Å². The maximum absolute atomic E-state index is 6.31. The van der Waals surface area contributed by atoms with Crippen molar-refractivity contribution in [3.05, 3.63) is 194 Å². The number of aromatic nitrogens is 4. The van der Waals surface area contributed by atoms with Crippen LogP contribution < -0.4 is 0 Å². The van der Waals surface area contributed by atoms with Crippen molar-refractivity contribution in [3.63, 3.8) is 0 Å². The minimum atomic E-state index is 0.717. The lowest BCUT2D eigenvalue weighted by Crippen LogP contribution is -1.94. The van der Waals surface area contributed by atoms with Gasteiger partial charge in [0.25, 0.3) is 0 Å². The van der Waals surface area contributed by atoms with Crippen molar-refractivity contribution in [2.75, 3.05) is 0 Å². The van der Waals surface area contributed by atoms with E-state index in [1.807, 2.05) is 24.3 Å². The lowest BCUT2D eigenvalue weighted by molar-refractivity contribution is 0.667. The number of hydrogen-bond donors (Lipinski definition) is 0. The number of nitrogens with zero attached hydrogens (tertiary/aromatic N) is 4. The number of para-hydroxylation sites is 3. The maximum Gasteiger partial charge on any atom is 0.155 e. The fraction of sp³-hybridized carbons (Fsp3) is 0. The third-order valence-electron chi connectivity index (χ3n) is 11.3. The molecule has 0 N–H and O–H groups in total. The first-order valence-corrected chi connectivity index (χ1v) is 19.2. The number of rotatable bonds is 5. The van der Waals surface area contributed by atoms with E-state index in [1.165, 1.54) is 38.2 Å². The largest absolute Gasteiger partial charge is 0.453 e. The van der Waals surface area contributed by atoms with Crippen molar-refractivity contribution < 1.29 is 4.42 Å². The first-order chi connectivity index (χ1) is 28.2. The zero-order valence-corrected chi connectivity index (χ0v) is 30.7. The van der Waals surface area contributed by atoms with E-state index >= 15 is 0 Å². The molecule has 0 fully saturated rings. The number of furan rings is 1. The molecule has 5 heterocycles. The Morgan fingerprint density at radius 2 is 0.842 bits per heavy atom. The van der Waals surface area contributed by atoms with Crippen molar-refractivity contribution >= 4 is 65.8 Å². The van der Waals surface area contributed by atoms with E-state index in [2.05, 4.69) is 179 Å². The van der Waals surface area contributed by atoms with Crippen molar-refractivity contribution in [1.82, 2.24) is 19.1 Å². The van der Waals surface area contributed by atoms with Gasteiger partial charge in [-0.05, 0) is 90.0 Å². The summed E-state index contributed by atoms with van der Waals surface area (Å²) in [7, 11) is 0. The normalized spacial score (nSPS) is 11.9. The summed E-state index contributed by atoms with van der Waals surface area (Å²) < 4.78 is 11.0. The fourth-order valence-corrected chi connectivity index (χ4v) is 8.69. The van der Waals surface area contributed by atoms with Crippen molar-refractivity contribution in [2.24, 2.45) is 0 Å². The predicted octanol–water partition coefficient (Wildman–Crippen LogP) is 13.6. The molecule has 0 spiro atoms. The number of benzene rings is 7. The summed E-state index contributed by atoms with van der Waals surface area (Å²) in [6.45, 7) is 0. The number of hydrogen-bond acceptors (Lipinski definition) is 3. The summed E-state index contributed by atoms with van der Waals surface area (Å²) in [5.74, 6) is 0. The number of pyridine rings is 2. The Morgan fingerprint density at radius 3 is 1.56 bits per heavy atom. The maximum atomic E-state index is 6.31. The van der Waals surface area contributed by atoms with Gasteiger partial charge in [-0.15, -0.1) is 0 Å². The molecule has 0 aliphatic rings. The molecule has 5 aromatic heterocycles. The second kappa shape index (κ2) is 12.4. The van der Waals surface area contributed by atoms with Gasteiger partial charge in [-0.25, -0.2) is 9.97 Å². The first-order valence-electron chi connectivity index (χ1n) is 19.2. The molecule has 0 radical (unpaired) electrons. The molecular weight excluding hydrogens is 697 g/mol. The smallest absolute Gasteiger partial charge is 0.155 e. The molecular formula is C52H32N4O. The molecule has 12 aromatic rings. The Balaban J connectivity index is 0.975. The van der Waals surface area contributed by atoms with Crippen LogP contribution in [0.2, 0.25) is 0 Å². The molecule has 0 bridgehead atoms. The summed E-state index contributed by atoms with van der Waals surface area (Å²) in [5.41, 5.74) is 16.0. The molecule has 0 amide bonds. The Morgan fingerprint density at radius 1 is 0.316 bits per heavy atom. The van der Waals surface area contributed by atoms with Crippen LogP contribution in [-0.4, -0.2) is 19.1 Å². The van der Waals surface area contributed by atoms with Crippen LogP contribution in [0, 0.1) is 0 Å². The molecule has 0 atom stereocenters. The number of fused-ring (bicyclic) bond motifs is 9. The molecule has 266 valence electrons. The van der Waals surface area contributed by atoms with E-state index in [4.69, 9.17) is 14.4 Å². The molecule has 0 aliphatic carbocycles. The molecule has 0 saturated carbocycles. The molecule has 0 unspecified atom stereocenters. The van der Waals surface area contributed by atoms with Crippen molar-refractivity contribution in [1.29, 1.82) is 0 Å². The summed E-state index contributed by atoms with van der Waals surface area (Å²) in [6, 6.07) is 68.5. The molecule has 0 saturated heterocycles. The van der Waals surface area contributed by atoms with Crippen LogP contribution in [0.3, 0.4) is 0 Å². The van der Waals surface area contributed by atoms with Crippen molar-refractivity contribution in [2.45, 2.75) is 0 Å². The standard InChI is InChI=1S/C52H32N4O/c1-3-12-33(13-4-1)34-14-11-17-38(30-34)56-46-21-10-8-19-40(46)42-31-35(23-27-47(42)56)43-25-28-49-51(53-43)52-50(57-49)29-26-44(54-52)36-22-24-41-39-18-7-9-20-45(39)55(48(41)32-36)37-15-5-2-6-16-37/h1-32H. The Bertz CT molecular complexity index is 3520. The lowest BCUT2D eigenvalue weighted by Gasteiger charge is -2.10. The highest BCUT2D eigenvalue weighted by Crippen LogP contribution is 2.38. The van der Waals surface area contributed by atoms with Crippen molar-refractivity contribution in [3.8, 4) is 45.0 Å². The average molecular weight is 729 g/mol. The summed E-state index contributed by atoms with van der Waals surface area (Å²) in [6.07, 6.45) is 0. The second-order valence-corrected chi connectivity index (χ2v) is 14.6. The van der Waals surface area contributed by atoms with Crippen LogP contribution >= 0.6 is 0 Å². The van der Waals surface area contributed by atoms with Gasteiger partial charge in [0.05, 0.1) is 33.5 Å². The zero-order chi connectivity index (χ0) is 37.5. The first kappa shape index (κ1) is 31.6. The zero-order valence-electron chi connectivity index (χ0n) is 30.7. The van der Waals surface area contributed by atoms with Gasteiger partial charge in [0.2, 0.25) is 0 Å². The van der Waals surface area contributed by atoms with Gasteiger partial charge < -0.3 is 13.6 Å². The minimum Gasteiger partial charge on any atom is -0.453 e. The van der Waals surface area contributed by atoms with Gasteiger partial charge in [-0.1, -0.05) is 115 Å².